The number of sulfone groups is 1. The van der Waals surface area contributed by atoms with Crippen molar-refractivity contribution in [1.29, 1.82) is 0 Å². The maximum absolute atomic E-state index is 12.8. The first-order chi connectivity index (χ1) is 15.1. The number of rotatable bonds is 7. The largest absolute Gasteiger partial charge is 0.493 e. The monoisotopic (exact) mass is 461 g/mol. The fraction of sp³-hybridized carbons (Fsp3) is 0.286. The Morgan fingerprint density at radius 2 is 1.53 bits per heavy atom. The third-order valence-electron chi connectivity index (χ3n) is 5.09. The number of amides is 1. The van der Waals surface area contributed by atoms with Crippen LogP contribution in [0.3, 0.4) is 0 Å². The van der Waals surface area contributed by atoms with Crippen LogP contribution in [-0.4, -0.2) is 43.4 Å². The second-order valence-electron chi connectivity index (χ2n) is 7.07. The van der Waals surface area contributed by atoms with E-state index in [0.717, 1.165) is 4.57 Å². The van der Waals surface area contributed by atoms with E-state index in [1.807, 2.05) is 0 Å². The van der Waals surface area contributed by atoms with Crippen LogP contribution < -0.4 is 25.9 Å². The lowest BCUT2D eigenvalue weighted by molar-refractivity contribution is -0.115. The van der Waals surface area contributed by atoms with E-state index in [0.29, 0.717) is 28.2 Å². The van der Waals surface area contributed by atoms with Crippen LogP contribution in [0, 0.1) is 0 Å². The van der Waals surface area contributed by atoms with Crippen molar-refractivity contribution in [3.8, 4) is 11.5 Å². The van der Waals surface area contributed by atoms with Crippen molar-refractivity contribution in [3.63, 3.8) is 0 Å². The minimum Gasteiger partial charge on any atom is -0.493 e. The quantitative estimate of drug-likeness (QED) is 0.522. The molecule has 1 amide bonds. The molecule has 1 heterocycles. The number of nitrogens with one attached hydrogen (secondary N) is 1. The smallest absolute Gasteiger partial charge is 0.316 e. The molecule has 32 heavy (non-hydrogen) atoms. The SMILES string of the molecule is COc1ccc(NC(=O)CCS(=O)(=O)c2ccc3c(c2)n(C)c(=O)c(=O)n3C)cc1OC. The predicted molar refractivity (Wildman–Crippen MR) is 119 cm³/mol. The molecule has 0 saturated heterocycles. The van der Waals surface area contributed by atoms with E-state index in [9.17, 15) is 22.8 Å². The number of carbonyl (C=O) groups excluding carboxylic acids is 1. The van der Waals surface area contributed by atoms with Crippen molar-refractivity contribution in [2.45, 2.75) is 11.3 Å². The van der Waals surface area contributed by atoms with Crippen molar-refractivity contribution in [1.82, 2.24) is 9.13 Å². The summed E-state index contributed by atoms with van der Waals surface area (Å²) in [6, 6.07) is 8.96. The lowest BCUT2D eigenvalue weighted by Gasteiger charge is -2.12. The van der Waals surface area contributed by atoms with E-state index in [1.54, 1.807) is 18.2 Å². The van der Waals surface area contributed by atoms with Crippen LogP contribution in [0.5, 0.6) is 11.5 Å². The summed E-state index contributed by atoms with van der Waals surface area (Å²) in [4.78, 5) is 36.3. The number of ether oxygens (including phenoxy) is 2. The van der Waals surface area contributed by atoms with Gasteiger partial charge in [0, 0.05) is 32.3 Å². The Kier molecular flexibility index (Phi) is 6.40. The minimum atomic E-state index is -3.82. The highest BCUT2D eigenvalue weighted by Gasteiger charge is 2.19. The van der Waals surface area contributed by atoms with Gasteiger partial charge in [0.2, 0.25) is 5.91 Å². The molecule has 0 radical (unpaired) electrons. The van der Waals surface area contributed by atoms with Crippen LogP contribution in [-0.2, 0) is 28.7 Å². The zero-order valence-electron chi connectivity index (χ0n) is 18.0. The first-order valence-electron chi connectivity index (χ1n) is 9.53. The van der Waals surface area contributed by atoms with Gasteiger partial charge in [-0.2, -0.15) is 0 Å². The van der Waals surface area contributed by atoms with E-state index in [4.69, 9.17) is 9.47 Å². The van der Waals surface area contributed by atoms with E-state index >= 15 is 0 Å². The molecule has 0 aliphatic heterocycles. The number of aryl methyl sites for hydroxylation is 2. The molecule has 0 saturated carbocycles. The summed E-state index contributed by atoms with van der Waals surface area (Å²) in [6.07, 6.45) is -0.277. The van der Waals surface area contributed by atoms with Crippen molar-refractivity contribution in [2.24, 2.45) is 14.1 Å². The van der Waals surface area contributed by atoms with E-state index in [2.05, 4.69) is 5.32 Å². The Morgan fingerprint density at radius 3 is 2.16 bits per heavy atom. The normalized spacial score (nSPS) is 11.4. The van der Waals surface area contributed by atoms with E-state index < -0.39 is 32.6 Å². The molecule has 10 nitrogen and oxygen atoms in total. The van der Waals surface area contributed by atoms with Gasteiger partial charge in [0.25, 0.3) is 0 Å². The molecule has 0 unspecified atom stereocenters. The predicted octanol–water partition coefficient (Wildman–Crippen LogP) is 1.06. The second kappa shape index (κ2) is 8.87. The fourth-order valence-electron chi connectivity index (χ4n) is 3.24. The number of hydrogen-bond acceptors (Lipinski definition) is 7. The van der Waals surface area contributed by atoms with Gasteiger partial charge in [-0.3, -0.25) is 14.4 Å². The topological polar surface area (TPSA) is 126 Å². The summed E-state index contributed by atoms with van der Waals surface area (Å²) < 4.78 is 38.2. The molecule has 0 aliphatic rings. The number of fused-ring (bicyclic) bond motifs is 1. The Bertz CT molecular complexity index is 1420. The summed E-state index contributed by atoms with van der Waals surface area (Å²) in [7, 11) is 1.98. The molecule has 1 aromatic heterocycles. The molecule has 3 rings (SSSR count). The molecule has 0 aliphatic carbocycles. The van der Waals surface area contributed by atoms with Gasteiger partial charge in [0.05, 0.1) is 35.9 Å². The first kappa shape index (κ1) is 23.1. The molecular weight excluding hydrogens is 438 g/mol. The average Bonchev–Trinajstić information content (AvgIpc) is 2.79. The Hall–Kier alpha value is -3.60. The van der Waals surface area contributed by atoms with Gasteiger partial charge in [-0.1, -0.05) is 0 Å². The molecule has 3 aromatic rings. The highest BCUT2D eigenvalue weighted by atomic mass is 32.2. The number of hydrogen-bond donors (Lipinski definition) is 1. The van der Waals surface area contributed by atoms with Crippen LogP contribution in [0.25, 0.3) is 11.0 Å². The number of carbonyl (C=O) groups is 1. The van der Waals surface area contributed by atoms with Crippen molar-refractivity contribution < 1.29 is 22.7 Å². The number of anilines is 1. The van der Waals surface area contributed by atoms with Gasteiger partial charge in [0.15, 0.2) is 21.3 Å². The van der Waals surface area contributed by atoms with Gasteiger partial charge in [-0.05, 0) is 30.3 Å². The highest BCUT2D eigenvalue weighted by Crippen LogP contribution is 2.29. The third kappa shape index (κ3) is 4.37. The van der Waals surface area contributed by atoms with E-state index in [1.165, 1.54) is 51.1 Å². The maximum atomic E-state index is 12.8. The molecule has 0 bridgehead atoms. The van der Waals surface area contributed by atoms with Crippen LogP contribution in [0.15, 0.2) is 50.9 Å². The molecule has 0 spiro atoms. The maximum Gasteiger partial charge on any atom is 0.316 e. The molecule has 11 heteroatoms. The molecule has 170 valence electrons. The zero-order chi connectivity index (χ0) is 23.6. The lowest BCUT2D eigenvalue weighted by atomic mass is 10.2. The van der Waals surface area contributed by atoms with Crippen LogP contribution in [0.2, 0.25) is 0 Å². The van der Waals surface area contributed by atoms with Gasteiger partial charge >= 0.3 is 11.1 Å². The summed E-state index contributed by atoms with van der Waals surface area (Å²) >= 11 is 0. The molecular formula is C21H23N3O7S. The van der Waals surface area contributed by atoms with Crippen molar-refractivity contribution >= 4 is 32.5 Å². The Labute approximate surface area is 183 Å². The molecule has 2 aromatic carbocycles. The number of benzene rings is 2. The minimum absolute atomic E-state index is 0.0439. The molecule has 0 fully saturated rings. The van der Waals surface area contributed by atoms with Gasteiger partial charge in [-0.15, -0.1) is 0 Å². The molecule has 1 N–H and O–H groups in total. The standard InChI is InChI=1S/C21H23N3O7S/c1-23-15-7-6-14(12-16(15)24(2)21(27)20(23)26)32(28,29)10-9-19(25)22-13-5-8-17(30-3)18(11-13)31-4/h5-8,11-12H,9-10H2,1-4H3,(H,22,25). The van der Waals surface area contributed by atoms with Crippen LogP contribution in [0.1, 0.15) is 6.42 Å². The van der Waals surface area contributed by atoms with Crippen LogP contribution in [0.4, 0.5) is 5.69 Å². The van der Waals surface area contributed by atoms with Gasteiger partial charge < -0.3 is 23.9 Å². The fourth-order valence-corrected chi connectivity index (χ4v) is 4.49. The average molecular weight is 461 g/mol. The third-order valence-corrected chi connectivity index (χ3v) is 6.80. The number of aromatic nitrogens is 2. The summed E-state index contributed by atoms with van der Waals surface area (Å²) in [5, 5.41) is 2.63. The Balaban J connectivity index is 1.79. The summed E-state index contributed by atoms with van der Waals surface area (Å²) in [6.45, 7) is 0. The van der Waals surface area contributed by atoms with E-state index in [-0.39, 0.29) is 11.3 Å². The van der Waals surface area contributed by atoms with Crippen LogP contribution >= 0.6 is 0 Å². The number of methoxy groups -OCH3 is 2. The summed E-state index contributed by atoms with van der Waals surface area (Å²) in [5.41, 5.74) is -0.312. The number of nitrogens with zero attached hydrogens (tertiary/aromatic N) is 2. The first-order valence-corrected chi connectivity index (χ1v) is 11.2. The second-order valence-corrected chi connectivity index (χ2v) is 9.17. The zero-order valence-corrected chi connectivity index (χ0v) is 18.9. The van der Waals surface area contributed by atoms with Crippen molar-refractivity contribution in [3.05, 3.63) is 57.1 Å². The van der Waals surface area contributed by atoms with Gasteiger partial charge in [0.1, 0.15) is 0 Å². The van der Waals surface area contributed by atoms with Crippen molar-refractivity contribution in [2.75, 3.05) is 25.3 Å². The summed E-state index contributed by atoms with van der Waals surface area (Å²) in [5.74, 6) is -0.00101. The van der Waals surface area contributed by atoms with Gasteiger partial charge in [-0.25, -0.2) is 8.42 Å². The Morgan fingerprint density at radius 1 is 0.906 bits per heavy atom. The highest BCUT2D eigenvalue weighted by molar-refractivity contribution is 7.91. The lowest BCUT2D eigenvalue weighted by Crippen LogP contribution is -2.39. The molecule has 0 atom stereocenters.